The zero-order chi connectivity index (χ0) is 12.9. The molecule has 1 fully saturated rings. The zero-order valence-corrected chi connectivity index (χ0v) is 11.7. The van der Waals surface area contributed by atoms with Crippen molar-refractivity contribution in [1.82, 2.24) is 10.0 Å². The van der Waals surface area contributed by atoms with E-state index in [1.54, 1.807) is 6.92 Å². The van der Waals surface area contributed by atoms with Crippen LogP contribution in [0.3, 0.4) is 0 Å². The Bertz CT molecular complexity index is 313. The highest BCUT2D eigenvalue weighted by Gasteiger charge is 2.25. The summed E-state index contributed by atoms with van der Waals surface area (Å²) in [5, 5.41) is 2.82. The van der Waals surface area contributed by atoms with Gasteiger partial charge in [-0.15, -0.1) is 0 Å². The Balaban J connectivity index is 2.18. The van der Waals surface area contributed by atoms with Crippen LogP contribution < -0.4 is 10.0 Å². The molecule has 0 aromatic heterocycles. The molecule has 0 heterocycles. The van der Waals surface area contributed by atoms with Crippen LogP contribution in [0.5, 0.6) is 0 Å². The van der Waals surface area contributed by atoms with Crippen molar-refractivity contribution in [3.8, 4) is 0 Å². The maximum atomic E-state index is 11.8. The molecule has 6 heteroatoms. The molecule has 1 aliphatic carbocycles. The maximum absolute atomic E-state index is 11.8. The van der Waals surface area contributed by atoms with E-state index in [9.17, 15) is 8.42 Å². The lowest BCUT2D eigenvalue weighted by Crippen LogP contribution is -2.40. The van der Waals surface area contributed by atoms with E-state index in [0.717, 1.165) is 0 Å². The first kappa shape index (κ1) is 14.9. The number of hydrogen-bond donors (Lipinski definition) is 2. The molecule has 17 heavy (non-hydrogen) atoms. The highest BCUT2D eigenvalue weighted by atomic mass is 32.2. The van der Waals surface area contributed by atoms with Crippen molar-refractivity contribution in [1.29, 1.82) is 0 Å². The van der Waals surface area contributed by atoms with Gasteiger partial charge in [-0.2, -0.15) is 0 Å². The quantitative estimate of drug-likeness (QED) is 0.594. The van der Waals surface area contributed by atoms with Gasteiger partial charge in [-0.1, -0.05) is 0 Å². The summed E-state index contributed by atoms with van der Waals surface area (Å²) in [6, 6.07) is 0.539. The van der Waals surface area contributed by atoms with Crippen molar-refractivity contribution >= 4 is 10.0 Å². The summed E-state index contributed by atoms with van der Waals surface area (Å²) in [4.78, 5) is 0. The number of sulfonamides is 1. The van der Waals surface area contributed by atoms with Crippen LogP contribution in [0.25, 0.3) is 0 Å². The highest BCUT2D eigenvalue weighted by molar-refractivity contribution is 7.90. The Morgan fingerprint density at radius 3 is 2.47 bits per heavy atom. The molecule has 1 saturated carbocycles. The number of ether oxygens (including phenoxy) is 1. The molecule has 102 valence electrons. The number of rotatable bonds is 9. The summed E-state index contributed by atoms with van der Waals surface area (Å²) in [5.41, 5.74) is 0. The summed E-state index contributed by atoms with van der Waals surface area (Å²) in [7, 11) is -3.22. The second-order valence-electron chi connectivity index (χ2n) is 4.85. The van der Waals surface area contributed by atoms with Crippen LogP contribution in [-0.4, -0.2) is 45.5 Å². The molecule has 0 aromatic carbocycles. The Morgan fingerprint density at radius 1 is 1.29 bits per heavy atom. The molecule has 0 radical (unpaired) electrons. The smallest absolute Gasteiger partial charge is 0.215 e. The Labute approximate surface area is 104 Å². The predicted molar refractivity (Wildman–Crippen MR) is 68.5 cm³/mol. The van der Waals surface area contributed by atoms with E-state index < -0.39 is 15.3 Å². The van der Waals surface area contributed by atoms with Gasteiger partial charge < -0.3 is 10.1 Å². The van der Waals surface area contributed by atoms with Crippen LogP contribution in [0.2, 0.25) is 0 Å². The second kappa shape index (κ2) is 6.68. The molecular formula is C11H24N2O3S. The maximum Gasteiger partial charge on any atom is 0.215 e. The monoisotopic (exact) mass is 264 g/mol. The second-order valence-corrected chi connectivity index (χ2v) is 7.04. The van der Waals surface area contributed by atoms with Crippen LogP contribution in [0.4, 0.5) is 0 Å². The van der Waals surface area contributed by atoms with Crippen LogP contribution in [-0.2, 0) is 14.8 Å². The van der Waals surface area contributed by atoms with Crippen molar-refractivity contribution in [2.24, 2.45) is 0 Å². The average Bonchev–Trinajstić information content (AvgIpc) is 3.04. The number of hydrogen-bond acceptors (Lipinski definition) is 4. The van der Waals surface area contributed by atoms with Gasteiger partial charge >= 0.3 is 0 Å². The van der Waals surface area contributed by atoms with E-state index >= 15 is 0 Å². The van der Waals surface area contributed by atoms with Crippen molar-refractivity contribution in [3.63, 3.8) is 0 Å². The molecule has 1 rings (SSSR count). The minimum atomic E-state index is -3.22. The third kappa shape index (κ3) is 6.35. The summed E-state index contributed by atoms with van der Waals surface area (Å²) >= 11 is 0. The van der Waals surface area contributed by atoms with Gasteiger partial charge in [0, 0.05) is 19.1 Å². The van der Waals surface area contributed by atoms with Gasteiger partial charge in [-0.3, -0.25) is 0 Å². The van der Waals surface area contributed by atoms with Gasteiger partial charge in [-0.05, 0) is 33.6 Å². The number of nitrogens with one attached hydrogen (secondary N) is 2. The van der Waals surface area contributed by atoms with Gasteiger partial charge in [0.2, 0.25) is 10.0 Å². The normalized spacial score (nSPS) is 18.6. The SMILES string of the molecule is CC(C)OCCNS(=O)(=O)C(C)CNC1CC1. The molecule has 1 unspecified atom stereocenters. The minimum absolute atomic E-state index is 0.133. The molecule has 0 amide bonds. The molecule has 0 saturated heterocycles. The van der Waals surface area contributed by atoms with Crippen molar-refractivity contribution in [2.75, 3.05) is 19.7 Å². The fourth-order valence-corrected chi connectivity index (χ4v) is 2.32. The highest BCUT2D eigenvalue weighted by Crippen LogP contribution is 2.18. The van der Waals surface area contributed by atoms with Gasteiger partial charge in [-0.25, -0.2) is 13.1 Å². The fraction of sp³-hybridized carbons (Fsp3) is 1.00. The van der Waals surface area contributed by atoms with Crippen LogP contribution in [0.1, 0.15) is 33.6 Å². The van der Waals surface area contributed by atoms with Crippen LogP contribution in [0, 0.1) is 0 Å². The first-order valence-corrected chi connectivity index (χ1v) is 7.80. The Hall–Kier alpha value is -0.170. The molecule has 0 spiro atoms. The van der Waals surface area contributed by atoms with E-state index in [1.807, 2.05) is 13.8 Å². The topological polar surface area (TPSA) is 67.4 Å². The standard InChI is InChI=1S/C11H24N2O3S/c1-9(2)16-7-6-13-17(14,15)10(3)8-12-11-4-5-11/h9-13H,4-8H2,1-3H3. The average molecular weight is 264 g/mol. The molecule has 0 bridgehead atoms. The van der Waals surface area contributed by atoms with Crippen molar-refractivity contribution in [2.45, 2.75) is 51.0 Å². The van der Waals surface area contributed by atoms with E-state index in [-0.39, 0.29) is 6.10 Å². The lowest BCUT2D eigenvalue weighted by atomic mass is 10.4. The lowest BCUT2D eigenvalue weighted by molar-refractivity contribution is 0.0833. The van der Waals surface area contributed by atoms with E-state index in [4.69, 9.17) is 4.74 Å². The largest absolute Gasteiger partial charge is 0.377 e. The molecule has 2 N–H and O–H groups in total. The van der Waals surface area contributed by atoms with Crippen molar-refractivity contribution in [3.05, 3.63) is 0 Å². The van der Waals surface area contributed by atoms with Gasteiger partial charge in [0.25, 0.3) is 0 Å². The Kier molecular flexibility index (Phi) is 5.85. The first-order chi connectivity index (χ1) is 7.92. The third-order valence-corrected chi connectivity index (χ3v) is 4.49. The zero-order valence-electron chi connectivity index (χ0n) is 10.9. The van der Waals surface area contributed by atoms with E-state index in [0.29, 0.717) is 25.7 Å². The summed E-state index contributed by atoms with van der Waals surface area (Å²) in [6.07, 6.45) is 2.47. The summed E-state index contributed by atoms with van der Waals surface area (Å²) in [6.45, 7) is 6.85. The van der Waals surface area contributed by atoms with Gasteiger partial charge in [0.1, 0.15) is 0 Å². The molecule has 0 aliphatic heterocycles. The first-order valence-electron chi connectivity index (χ1n) is 6.25. The van der Waals surface area contributed by atoms with Crippen molar-refractivity contribution < 1.29 is 13.2 Å². The van der Waals surface area contributed by atoms with E-state index in [2.05, 4.69) is 10.0 Å². The predicted octanol–water partition coefficient (Wildman–Crippen LogP) is 0.471. The molecular weight excluding hydrogens is 240 g/mol. The molecule has 1 aliphatic rings. The summed E-state index contributed by atoms with van der Waals surface area (Å²) < 4.78 is 31.5. The lowest BCUT2D eigenvalue weighted by Gasteiger charge is -2.15. The molecule has 0 aromatic rings. The van der Waals surface area contributed by atoms with Crippen LogP contribution >= 0.6 is 0 Å². The Morgan fingerprint density at radius 2 is 1.94 bits per heavy atom. The minimum Gasteiger partial charge on any atom is -0.377 e. The summed E-state index contributed by atoms with van der Waals surface area (Å²) in [5.74, 6) is 0. The van der Waals surface area contributed by atoms with Gasteiger partial charge in [0.15, 0.2) is 0 Å². The molecule has 1 atom stereocenters. The fourth-order valence-electron chi connectivity index (χ4n) is 1.35. The molecule has 5 nitrogen and oxygen atoms in total. The third-order valence-electron chi connectivity index (χ3n) is 2.66. The van der Waals surface area contributed by atoms with Gasteiger partial charge in [0.05, 0.1) is 18.0 Å². The van der Waals surface area contributed by atoms with E-state index in [1.165, 1.54) is 12.8 Å². The van der Waals surface area contributed by atoms with Crippen LogP contribution in [0.15, 0.2) is 0 Å².